The lowest BCUT2D eigenvalue weighted by atomic mass is 10.0. The van der Waals surface area contributed by atoms with Crippen molar-refractivity contribution in [3.05, 3.63) is 0 Å². The van der Waals surface area contributed by atoms with Crippen LogP contribution < -0.4 is 10.6 Å². The van der Waals surface area contributed by atoms with Crippen molar-refractivity contribution in [1.29, 1.82) is 0 Å². The Labute approximate surface area is 104 Å². The van der Waals surface area contributed by atoms with Gasteiger partial charge in [0, 0.05) is 12.6 Å². The van der Waals surface area contributed by atoms with Gasteiger partial charge in [-0.1, -0.05) is 32.6 Å². The van der Waals surface area contributed by atoms with E-state index in [2.05, 4.69) is 10.6 Å². The standard InChI is InChI=1S/C13H24N2O2/c1-3-10(2)15-13(17)12(16)14-9-8-11-6-4-5-7-11/h10-11H,3-9H2,1-2H3,(H,14,16)(H,15,17)/t10-/m1/s1. The predicted octanol–water partition coefficient (Wildman–Crippen LogP) is 1.60. The third-order valence-corrected chi connectivity index (χ3v) is 3.51. The van der Waals surface area contributed by atoms with E-state index in [1.807, 2.05) is 13.8 Å². The fourth-order valence-corrected chi connectivity index (χ4v) is 2.16. The van der Waals surface area contributed by atoms with E-state index in [9.17, 15) is 9.59 Å². The van der Waals surface area contributed by atoms with Crippen LogP contribution in [0.2, 0.25) is 0 Å². The van der Waals surface area contributed by atoms with E-state index in [4.69, 9.17) is 0 Å². The van der Waals surface area contributed by atoms with Crippen LogP contribution in [0.1, 0.15) is 52.4 Å². The average molecular weight is 240 g/mol. The zero-order chi connectivity index (χ0) is 12.7. The molecule has 1 saturated carbocycles. The highest BCUT2D eigenvalue weighted by Crippen LogP contribution is 2.26. The first-order valence-corrected chi connectivity index (χ1v) is 6.72. The Morgan fingerprint density at radius 3 is 2.47 bits per heavy atom. The molecule has 1 fully saturated rings. The molecule has 0 spiro atoms. The molecule has 1 atom stereocenters. The molecular weight excluding hydrogens is 216 g/mol. The maximum Gasteiger partial charge on any atom is 0.309 e. The molecule has 0 aromatic rings. The monoisotopic (exact) mass is 240 g/mol. The molecule has 1 rings (SSSR count). The van der Waals surface area contributed by atoms with Crippen molar-refractivity contribution < 1.29 is 9.59 Å². The second kappa shape index (κ2) is 7.30. The smallest absolute Gasteiger partial charge is 0.309 e. The van der Waals surface area contributed by atoms with Gasteiger partial charge in [-0.25, -0.2) is 0 Å². The van der Waals surface area contributed by atoms with Crippen LogP contribution in [0.4, 0.5) is 0 Å². The Kier molecular flexibility index (Phi) is 6.01. The second-order valence-electron chi connectivity index (χ2n) is 4.98. The van der Waals surface area contributed by atoms with Crippen LogP contribution in [0.15, 0.2) is 0 Å². The number of carbonyl (C=O) groups excluding carboxylic acids is 2. The molecule has 0 saturated heterocycles. The van der Waals surface area contributed by atoms with Gasteiger partial charge in [-0.15, -0.1) is 0 Å². The van der Waals surface area contributed by atoms with Gasteiger partial charge in [0.05, 0.1) is 0 Å². The van der Waals surface area contributed by atoms with Crippen LogP contribution in [0.25, 0.3) is 0 Å². The Hall–Kier alpha value is -1.06. The Morgan fingerprint density at radius 1 is 1.24 bits per heavy atom. The molecule has 2 amide bonds. The van der Waals surface area contributed by atoms with Gasteiger partial charge in [-0.3, -0.25) is 9.59 Å². The van der Waals surface area contributed by atoms with Gasteiger partial charge in [-0.05, 0) is 25.7 Å². The summed E-state index contributed by atoms with van der Waals surface area (Å²) < 4.78 is 0. The first kappa shape index (κ1) is 14.0. The minimum Gasteiger partial charge on any atom is -0.348 e. The molecule has 0 unspecified atom stereocenters. The summed E-state index contributed by atoms with van der Waals surface area (Å²) in [5.41, 5.74) is 0. The molecule has 4 heteroatoms. The summed E-state index contributed by atoms with van der Waals surface area (Å²) >= 11 is 0. The zero-order valence-corrected chi connectivity index (χ0v) is 10.9. The van der Waals surface area contributed by atoms with Gasteiger partial charge >= 0.3 is 11.8 Å². The van der Waals surface area contributed by atoms with Gasteiger partial charge in [-0.2, -0.15) is 0 Å². The normalized spacial score (nSPS) is 17.8. The van der Waals surface area contributed by atoms with Crippen molar-refractivity contribution in [1.82, 2.24) is 10.6 Å². The number of rotatable bonds is 5. The van der Waals surface area contributed by atoms with Crippen LogP contribution in [-0.4, -0.2) is 24.4 Å². The first-order chi connectivity index (χ1) is 8.13. The molecule has 98 valence electrons. The largest absolute Gasteiger partial charge is 0.348 e. The zero-order valence-electron chi connectivity index (χ0n) is 10.9. The van der Waals surface area contributed by atoms with E-state index in [0.717, 1.165) is 18.8 Å². The molecule has 0 aliphatic heterocycles. The quantitative estimate of drug-likeness (QED) is 0.717. The van der Waals surface area contributed by atoms with E-state index >= 15 is 0 Å². The highest BCUT2D eigenvalue weighted by molar-refractivity contribution is 6.35. The summed E-state index contributed by atoms with van der Waals surface area (Å²) in [6.45, 7) is 4.49. The molecule has 1 aliphatic rings. The van der Waals surface area contributed by atoms with Crippen LogP contribution in [0.5, 0.6) is 0 Å². The second-order valence-corrected chi connectivity index (χ2v) is 4.98. The van der Waals surface area contributed by atoms with Gasteiger partial charge in [0.15, 0.2) is 0 Å². The number of hydrogen-bond acceptors (Lipinski definition) is 2. The molecule has 0 bridgehead atoms. The van der Waals surface area contributed by atoms with Gasteiger partial charge in [0.2, 0.25) is 0 Å². The van der Waals surface area contributed by atoms with Crippen LogP contribution in [0, 0.1) is 5.92 Å². The SMILES string of the molecule is CC[C@@H](C)NC(=O)C(=O)NCCC1CCCC1. The third-order valence-electron chi connectivity index (χ3n) is 3.51. The average Bonchev–Trinajstić information content (AvgIpc) is 2.81. The maximum absolute atomic E-state index is 11.4. The van der Waals surface area contributed by atoms with Crippen molar-refractivity contribution >= 4 is 11.8 Å². The minimum absolute atomic E-state index is 0.0584. The van der Waals surface area contributed by atoms with E-state index in [1.165, 1.54) is 25.7 Å². The lowest BCUT2D eigenvalue weighted by Gasteiger charge is -2.12. The Bertz CT molecular complexity index is 260. The van der Waals surface area contributed by atoms with Crippen molar-refractivity contribution in [2.45, 2.75) is 58.4 Å². The molecule has 2 N–H and O–H groups in total. The lowest BCUT2D eigenvalue weighted by molar-refractivity contribution is -0.139. The number of nitrogens with one attached hydrogen (secondary N) is 2. The van der Waals surface area contributed by atoms with Crippen molar-refractivity contribution in [2.24, 2.45) is 5.92 Å². The number of carbonyl (C=O) groups is 2. The van der Waals surface area contributed by atoms with Crippen molar-refractivity contribution in [2.75, 3.05) is 6.54 Å². The molecular formula is C13H24N2O2. The Balaban J connectivity index is 2.13. The molecule has 0 radical (unpaired) electrons. The van der Waals surface area contributed by atoms with Gasteiger partial charge in [0.1, 0.15) is 0 Å². The third kappa shape index (κ3) is 5.20. The molecule has 0 heterocycles. The van der Waals surface area contributed by atoms with Crippen LogP contribution in [-0.2, 0) is 9.59 Å². The van der Waals surface area contributed by atoms with E-state index in [1.54, 1.807) is 0 Å². The predicted molar refractivity (Wildman–Crippen MR) is 67.5 cm³/mol. The fraction of sp³-hybridized carbons (Fsp3) is 0.846. The Morgan fingerprint density at radius 2 is 1.88 bits per heavy atom. The molecule has 1 aliphatic carbocycles. The topological polar surface area (TPSA) is 58.2 Å². The molecule has 0 aromatic heterocycles. The summed E-state index contributed by atoms with van der Waals surface area (Å²) in [5.74, 6) is -0.262. The van der Waals surface area contributed by atoms with Gasteiger partial charge < -0.3 is 10.6 Å². The van der Waals surface area contributed by atoms with Crippen LogP contribution in [0.3, 0.4) is 0 Å². The van der Waals surface area contributed by atoms with Crippen molar-refractivity contribution in [3.8, 4) is 0 Å². The van der Waals surface area contributed by atoms with Gasteiger partial charge in [0.25, 0.3) is 0 Å². The summed E-state index contributed by atoms with van der Waals surface area (Å²) in [7, 11) is 0. The summed E-state index contributed by atoms with van der Waals surface area (Å²) in [5, 5.41) is 5.34. The number of amides is 2. The summed E-state index contributed by atoms with van der Waals surface area (Å²) in [6.07, 6.45) is 7.01. The van der Waals surface area contributed by atoms with E-state index in [-0.39, 0.29) is 6.04 Å². The van der Waals surface area contributed by atoms with Crippen LogP contribution >= 0.6 is 0 Å². The van der Waals surface area contributed by atoms with Crippen molar-refractivity contribution in [3.63, 3.8) is 0 Å². The molecule has 0 aromatic carbocycles. The minimum atomic E-state index is -0.509. The molecule has 4 nitrogen and oxygen atoms in total. The van der Waals surface area contributed by atoms with E-state index < -0.39 is 11.8 Å². The first-order valence-electron chi connectivity index (χ1n) is 6.72. The maximum atomic E-state index is 11.4. The summed E-state index contributed by atoms with van der Waals surface area (Å²) in [6, 6.07) is 0.0584. The number of hydrogen-bond donors (Lipinski definition) is 2. The summed E-state index contributed by atoms with van der Waals surface area (Å²) in [4.78, 5) is 22.9. The fourth-order valence-electron chi connectivity index (χ4n) is 2.16. The van der Waals surface area contributed by atoms with E-state index in [0.29, 0.717) is 6.54 Å². The molecule has 17 heavy (non-hydrogen) atoms. The highest BCUT2D eigenvalue weighted by atomic mass is 16.2. The lowest BCUT2D eigenvalue weighted by Crippen LogP contribution is -2.43. The highest BCUT2D eigenvalue weighted by Gasteiger charge is 2.17.